The van der Waals surface area contributed by atoms with E-state index in [0.29, 0.717) is 18.1 Å². The van der Waals surface area contributed by atoms with Crippen LogP contribution in [-0.4, -0.2) is 37.0 Å². The largest absolute Gasteiger partial charge is 0.352 e. The number of nitrogens with one attached hydrogen (secondary N) is 2. The Hall–Kier alpha value is -4.04. The first-order valence-electron chi connectivity index (χ1n) is 12.5. The van der Waals surface area contributed by atoms with Crippen molar-refractivity contribution in [1.29, 1.82) is 0 Å². The van der Waals surface area contributed by atoms with Crippen LogP contribution in [0.2, 0.25) is 0 Å². The van der Waals surface area contributed by atoms with Crippen LogP contribution in [0.4, 0.5) is 5.69 Å². The van der Waals surface area contributed by atoms with Gasteiger partial charge in [-0.25, -0.2) is 4.98 Å². The van der Waals surface area contributed by atoms with E-state index in [4.69, 9.17) is 12.2 Å². The summed E-state index contributed by atoms with van der Waals surface area (Å²) in [6.45, 7) is 4.57. The maximum atomic E-state index is 13.0. The highest BCUT2D eigenvalue weighted by Gasteiger charge is 2.41. The van der Waals surface area contributed by atoms with Crippen molar-refractivity contribution >= 4 is 28.9 Å². The lowest BCUT2D eigenvalue weighted by atomic mass is 10.0. The lowest BCUT2D eigenvalue weighted by Gasteiger charge is -2.28. The summed E-state index contributed by atoms with van der Waals surface area (Å²) in [5.74, 6) is 0.788. The van der Waals surface area contributed by atoms with Crippen molar-refractivity contribution < 1.29 is 4.79 Å². The molecule has 0 saturated carbocycles. The SMILES string of the molecule is CCc1ccccc1NC(=O)CCN1C(=S)N[C@@H](c2ccccn2)[C@@H]1c1cccn1-c1ccc(C)cn1. The van der Waals surface area contributed by atoms with Crippen molar-refractivity contribution in [2.45, 2.75) is 38.8 Å². The number of hydrogen-bond donors (Lipinski definition) is 2. The van der Waals surface area contributed by atoms with Gasteiger partial charge in [-0.3, -0.25) is 9.78 Å². The van der Waals surface area contributed by atoms with Gasteiger partial charge in [0.2, 0.25) is 5.91 Å². The van der Waals surface area contributed by atoms with Crippen LogP contribution < -0.4 is 10.6 Å². The van der Waals surface area contributed by atoms with Crippen LogP contribution in [0.3, 0.4) is 0 Å². The van der Waals surface area contributed by atoms with Crippen LogP contribution in [0.15, 0.2) is 85.3 Å². The quantitative estimate of drug-likeness (QED) is 0.320. The second-order valence-electron chi connectivity index (χ2n) is 9.13. The summed E-state index contributed by atoms with van der Waals surface area (Å²) in [7, 11) is 0. The minimum absolute atomic E-state index is 0.0423. The molecule has 4 aromatic rings. The molecule has 0 aliphatic carbocycles. The van der Waals surface area contributed by atoms with E-state index in [9.17, 15) is 4.79 Å². The number of hydrogen-bond acceptors (Lipinski definition) is 4. The van der Waals surface area contributed by atoms with Crippen LogP contribution in [0.5, 0.6) is 0 Å². The number of benzene rings is 1. The smallest absolute Gasteiger partial charge is 0.226 e. The van der Waals surface area contributed by atoms with Gasteiger partial charge in [0.25, 0.3) is 0 Å². The number of anilines is 1. The van der Waals surface area contributed by atoms with E-state index in [-0.39, 0.29) is 18.0 Å². The molecule has 1 aromatic carbocycles. The second kappa shape index (κ2) is 10.9. The van der Waals surface area contributed by atoms with Gasteiger partial charge in [-0.2, -0.15) is 0 Å². The Morgan fingerprint density at radius 1 is 1.05 bits per heavy atom. The highest BCUT2D eigenvalue weighted by Crippen LogP contribution is 2.39. The van der Waals surface area contributed by atoms with E-state index in [1.165, 1.54) is 0 Å². The maximum Gasteiger partial charge on any atom is 0.226 e. The highest BCUT2D eigenvalue weighted by molar-refractivity contribution is 7.80. The topological polar surface area (TPSA) is 75.1 Å². The maximum absolute atomic E-state index is 13.0. The molecule has 3 aromatic heterocycles. The molecule has 37 heavy (non-hydrogen) atoms. The lowest BCUT2D eigenvalue weighted by Crippen LogP contribution is -2.33. The second-order valence-corrected chi connectivity index (χ2v) is 9.51. The molecular weight excluding hydrogens is 480 g/mol. The molecule has 1 aliphatic heterocycles. The number of thiocarbonyl (C=S) groups is 1. The summed E-state index contributed by atoms with van der Waals surface area (Å²) >= 11 is 5.80. The van der Waals surface area contributed by atoms with Crippen molar-refractivity contribution in [3.63, 3.8) is 0 Å². The van der Waals surface area contributed by atoms with Crippen molar-refractivity contribution in [2.75, 3.05) is 11.9 Å². The van der Waals surface area contributed by atoms with E-state index in [1.807, 2.05) is 73.9 Å². The summed E-state index contributed by atoms with van der Waals surface area (Å²) in [5.41, 5.74) is 4.99. The molecule has 1 aliphatic rings. The van der Waals surface area contributed by atoms with Crippen molar-refractivity contribution in [1.82, 2.24) is 24.8 Å². The Bertz CT molecular complexity index is 1390. The number of pyridine rings is 2. The van der Waals surface area contributed by atoms with Gasteiger partial charge in [0, 0.05) is 42.9 Å². The fourth-order valence-corrected chi connectivity index (χ4v) is 5.13. The monoisotopic (exact) mass is 510 g/mol. The molecule has 0 spiro atoms. The van der Waals surface area contributed by atoms with Crippen LogP contribution in [0.25, 0.3) is 5.82 Å². The molecule has 5 rings (SSSR count). The molecule has 8 heteroatoms. The molecule has 2 N–H and O–H groups in total. The van der Waals surface area contributed by atoms with E-state index in [1.54, 1.807) is 6.20 Å². The summed E-state index contributed by atoms with van der Waals surface area (Å²) in [6.07, 6.45) is 6.82. The first kappa shape index (κ1) is 24.6. The number of aromatic nitrogens is 3. The molecule has 4 heterocycles. The summed E-state index contributed by atoms with van der Waals surface area (Å²) in [4.78, 5) is 24.3. The number of amides is 1. The van der Waals surface area contributed by atoms with Gasteiger partial charge in [0.1, 0.15) is 5.82 Å². The van der Waals surface area contributed by atoms with E-state index in [2.05, 4.69) is 49.1 Å². The van der Waals surface area contributed by atoms with Gasteiger partial charge < -0.3 is 20.1 Å². The third kappa shape index (κ3) is 5.24. The zero-order valence-corrected chi connectivity index (χ0v) is 21.8. The van der Waals surface area contributed by atoms with Crippen LogP contribution in [0.1, 0.15) is 47.9 Å². The third-order valence-corrected chi connectivity index (χ3v) is 7.03. The Balaban J connectivity index is 1.43. The lowest BCUT2D eigenvalue weighted by molar-refractivity contribution is -0.116. The van der Waals surface area contributed by atoms with Gasteiger partial charge in [-0.1, -0.05) is 37.3 Å². The van der Waals surface area contributed by atoms with Gasteiger partial charge in [-0.15, -0.1) is 0 Å². The first-order valence-corrected chi connectivity index (χ1v) is 12.9. The molecule has 2 atom stereocenters. The summed E-state index contributed by atoms with van der Waals surface area (Å²) in [5, 5.41) is 7.15. The number of carbonyl (C=O) groups is 1. The van der Waals surface area contributed by atoms with E-state index in [0.717, 1.165) is 40.4 Å². The Labute approximate surface area is 222 Å². The highest BCUT2D eigenvalue weighted by atomic mass is 32.1. The molecule has 1 fully saturated rings. The number of nitrogens with zero attached hydrogens (tertiary/aromatic N) is 4. The molecule has 1 saturated heterocycles. The average molecular weight is 511 g/mol. The Morgan fingerprint density at radius 2 is 1.89 bits per heavy atom. The summed E-state index contributed by atoms with van der Waals surface area (Å²) < 4.78 is 2.08. The molecule has 1 amide bonds. The van der Waals surface area contributed by atoms with Crippen LogP contribution in [-0.2, 0) is 11.2 Å². The molecule has 7 nitrogen and oxygen atoms in total. The standard InChI is InChI=1S/C29H30N6OS/c1-3-21-9-4-5-10-22(21)32-26(36)15-18-35-28(27(33-29(35)37)23-11-6-7-16-30-23)24-12-8-17-34(24)25-14-13-20(2)19-31-25/h4-14,16-17,19,27-28H,3,15,18H2,1-2H3,(H,32,36)(H,33,37)/t27-,28-/m0/s1. The zero-order chi connectivity index (χ0) is 25.8. The number of rotatable bonds is 8. The molecule has 188 valence electrons. The Kier molecular flexibility index (Phi) is 7.28. The predicted molar refractivity (Wildman–Crippen MR) is 150 cm³/mol. The van der Waals surface area contributed by atoms with Gasteiger partial charge in [0.05, 0.1) is 17.8 Å². The molecule has 0 radical (unpaired) electrons. The van der Waals surface area contributed by atoms with Crippen molar-refractivity contribution in [2.24, 2.45) is 0 Å². The van der Waals surface area contributed by atoms with Crippen molar-refractivity contribution in [3.05, 3.63) is 108 Å². The Morgan fingerprint density at radius 3 is 2.65 bits per heavy atom. The minimum atomic E-state index is -0.170. The normalized spacial score (nSPS) is 17.0. The third-order valence-electron chi connectivity index (χ3n) is 6.68. The van der Waals surface area contributed by atoms with Crippen LogP contribution >= 0.6 is 12.2 Å². The summed E-state index contributed by atoms with van der Waals surface area (Å²) in [6, 6.07) is 21.6. The number of carbonyl (C=O) groups excluding carboxylic acids is 1. The molecule has 0 bridgehead atoms. The molecular formula is C29H30N6OS. The van der Waals surface area contributed by atoms with Gasteiger partial charge >= 0.3 is 0 Å². The van der Waals surface area contributed by atoms with Crippen molar-refractivity contribution in [3.8, 4) is 5.82 Å². The first-order chi connectivity index (χ1) is 18.0. The number of aryl methyl sites for hydroxylation is 2. The average Bonchev–Trinajstić information content (AvgIpc) is 3.53. The fraction of sp³-hybridized carbons (Fsp3) is 0.241. The minimum Gasteiger partial charge on any atom is -0.352 e. The van der Waals surface area contributed by atoms with Gasteiger partial charge in [-0.05, 0) is 73.1 Å². The van der Waals surface area contributed by atoms with E-state index >= 15 is 0 Å². The zero-order valence-electron chi connectivity index (χ0n) is 21.0. The predicted octanol–water partition coefficient (Wildman–Crippen LogP) is 5.14. The molecule has 0 unspecified atom stereocenters. The van der Waals surface area contributed by atoms with Crippen LogP contribution in [0, 0.1) is 6.92 Å². The van der Waals surface area contributed by atoms with E-state index < -0.39 is 0 Å². The van der Waals surface area contributed by atoms with Gasteiger partial charge in [0.15, 0.2) is 5.11 Å². The number of para-hydroxylation sites is 1. The fourth-order valence-electron chi connectivity index (χ4n) is 4.80.